The average molecular weight is 312 g/mol. The van der Waals surface area contributed by atoms with Crippen LogP contribution in [-0.2, 0) is 0 Å². The van der Waals surface area contributed by atoms with Crippen molar-refractivity contribution in [2.45, 2.75) is 13.0 Å². The van der Waals surface area contributed by atoms with Crippen LogP contribution in [0.2, 0.25) is 5.15 Å². The molecule has 1 unspecified atom stereocenters. The van der Waals surface area contributed by atoms with Crippen molar-refractivity contribution in [3.63, 3.8) is 0 Å². The fourth-order valence-corrected chi connectivity index (χ4v) is 1.93. The van der Waals surface area contributed by atoms with Gasteiger partial charge in [0.2, 0.25) is 0 Å². The molecule has 0 spiro atoms. The minimum Gasteiger partial charge on any atom is -0.331 e. The molecule has 0 bridgehead atoms. The van der Waals surface area contributed by atoms with Crippen molar-refractivity contribution in [1.29, 1.82) is 0 Å². The quantitative estimate of drug-likeness (QED) is 0.845. The van der Waals surface area contributed by atoms with Gasteiger partial charge in [-0.25, -0.2) is 18.6 Å². The number of urea groups is 1. The Morgan fingerprint density at radius 1 is 1.33 bits per heavy atom. The summed E-state index contributed by atoms with van der Waals surface area (Å²) < 4.78 is 26.4. The standard InChI is InChI=1S/C14H12ClF2N3O/c1-8(10-5-4-9(16)7-11(10)17)19-14(21)20-12-3-2-6-18-13(12)15/h2-8H,1H3,(H2,19,20,21). The molecule has 110 valence electrons. The van der Waals surface area contributed by atoms with Crippen LogP contribution in [0.4, 0.5) is 19.3 Å². The van der Waals surface area contributed by atoms with Crippen LogP contribution < -0.4 is 10.6 Å². The van der Waals surface area contributed by atoms with Crippen molar-refractivity contribution in [3.05, 3.63) is 58.9 Å². The molecular formula is C14H12ClF2N3O. The SMILES string of the molecule is CC(NC(=O)Nc1cccnc1Cl)c1ccc(F)cc1F. The molecule has 0 saturated carbocycles. The highest BCUT2D eigenvalue weighted by molar-refractivity contribution is 6.32. The molecule has 0 saturated heterocycles. The van der Waals surface area contributed by atoms with Gasteiger partial charge in [-0.2, -0.15) is 0 Å². The van der Waals surface area contributed by atoms with Crippen molar-refractivity contribution in [2.75, 3.05) is 5.32 Å². The van der Waals surface area contributed by atoms with Gasteiger partial charge >= 0.3 is 6.03 Å². The molecule has 0 aliphatic rings. The summed E-state index contributed by atoms with van der Waals surface area (Å²) in [6, 6.07) is 5.17. The number of aromatic nitrogens is 1. The number of benzene rings is 1. The van der Waals surface area contributed by atoms with Gasteiger partial charge in [-0.1, -0.05) is 17.7 Å². The smallest absolute Gasteiger partial charge is 0.319 e. The number of pyridine rings is 1. The summed E-state index contributed by atoms with van der Waals surface area (Å²) in [7, 11) is 0. The van der Waals surface area contributed by atoms with E-state index in [0.717, 1.165) is 12.1 Å². The number of nitrogens with one attached hydrogen (secondary N) is 2. The van der Waals surface area contributed by atoms with Gasteiger partial charge in [0.1, 0.15) is 11.6 Å². The first kappa shape index (κ1) is 15.2. The third kappa shape index (κ3) is 3.88. The van der Waals surface area contributed by atoms with Gasteiger partial charge in [0.05, 0.1) is 11.7 Å². The fourth-order valence-electron chi connectivity index (χ4n) is 1.76. The first-order chi connectivity index (χ1) is 9.97. The molecule has 1 aromatic carbocycles. The number of rotatable bonds is 3. The largest absolute Gasteiger partial charge is 0.331 e. The predicted molar refractivity (Wildman–Crippen MR) is 76.2 cm³/mol. The van der Waals surface area contributed by atoms with Gasteiger partial charge in [0, 0.05) is 17.8 Å². The van der Waals surface area contributed by atoms with Gasteiger partial charge in [0.15, 0.2) is 5.15 Å². The fraction of sp³-hybridized carbons (Fsp3) is 0.143. The van der Waals surface area contributed by atoms with Crippen molar-refractivity contribution in [2.24, 2.45) is 0 Å². The third-order valence-electron chi connectivity index (χ3n) is 2.78. The molecule has 0 aliphatic heterocycles. The number of hydrogen-bond acceptors (Lipinski definition) is 2. The molecule has 4 nitrogen and oxygen atoms in total. The van der Waals surface area contributed by atoms with Gasteiger partial charge in [0.25, 0.3) is 0 Å². The lowest BCUT2D eigenvalue weighted by Crippen LogP contribution is -2.31. The van der Waals surface area contributed by atoms with E-state index in [1.165, 1.54) is 12.3 Å². The lowest BCUT2D eigenvalue weighted by molar-refractivity contribution is 0.249. The normalized spacial score (nSPS) is 11.8. The number of carbonyl (C=O) groups is 1. The molecular weight excluding hydrogens is 300 g/mol. The van der Waals surface area contributed by atoms with Crippen LogP contribution in [0.15, 0.2) is 36.5 Å². The van der Waals surface area contributed by atoms with Gasteiger partial charge in [-0.3, -0.25) is 0 Å². The molecule has 7 heteroatoms. The summed E-state index contributed by atoms with van der Waals surface area (Å²) >= 11 is 5.81. The summed E-state index contributed by atoms with van der Waals surface area (Å²) in [6.45, 7) is 1.58. The van der Waals surface area contributed by atoms with Crippen molar-refractivity contribution in [1.82, 2.24) is 10.3 Å². The second-order valence-corrected chi connectivity index (χ2v) is 4.69. The Bertz CT molecular complexity index is 666. The van der Waals surface area contributed by atoms with Crippen LogP contribution in [0.25, 0.3) is 0 Å². The Hall–Kier alpha value is -2.21. The Labute approximate surface area is 125 Å². The van der Waals surface area contributed by atoms with E-state index >= 15 is 0 Å². The molecule has 2 amide bonds. The average Bonchev–Trinajstić information content (AvgIpc) is 2.41. The van der Waals surface area contributed by atoms with E-state index in [-0.39, 0.29) is 10.7 Å². The highest BCUT2D eigenvalue weighted by Crippen LogP contribution is 2.19. The molecule has 0 aliphatic carbocycles. The summed E-state index contributed by atoms with van der Waals surface area (Å²) in [5.74, 6) is -1.39. The molecule has 1 atom stereocenters. The van der Waals surface area contributed by atoms with Gasteiger partial charge < -0.3 is 10.6 Å². The molecule has 1 heterocycles. The number of halogens is 3. The minimum absolute atomic E-state index is 0.147. The number of carbonyl (C=O) groups excluding carboxylic acids is 1. The molecule has 2 aromatic rings. The van der Waals surface area contributed by atoms with E-state index in [0.29, 0.717) is 5.69 Å². The van der Waals surface area contributed by atoms with Crippen LogP contribution in [0, 0.1) is 11.6 Å². The van der Waals surface area contributed by atoms with Crippen LogP contribution in [0.5, 0.6) is 0 Å². The first-order valence-electron chi connectivity index (χ1n) is 6.10. The Balaban J connectivity index is 2.04. The molecule has 2 rings (SSSR count). The minimum atomic E-state index is -0.720. The number of anilines is 1. The lowest BCUT2D eigenvalue weighted by Gasteiger charge is -2.16. The van der Waals surface area contributed by atoms with Crippen LogP contribution in [0.3, 0.4) is 0 Å². The Morgan fingerprint density at radius 3 is 2.76 bits per heavy atom. The maximum Gasteiger partial charge on any atom is 0.319 e. The molecule has 1 aromatic heterocycles. The Kier molecular flexibility index (Phi) is 4.70. The molecule has 21 heavy (non-hydrogen) atoms. The Morgan fingerprint density at radius 2 is 2.10 bits per heavy atom. The highest BCUT2D eigenvalue weighted by Gasteiger charge is 2.15. The number of amides is 2. The van der Waals surface area contributed by atoms with E-state index in [9.17, 15) is 13.6 Å². The summed E-state index contributed by atoms with van der Waals surface area (Å²) in [4.78, 5) is 15.6. The predicted octanol–water partition coefficient (Wildman–Crippen LogP) is 3.90. The maximum atomic E-state index is 13.6. The van der Waals surface area contributed by atoms with E-state index in [1.54, 1.807) is 19.1 Å². The molecule has 0 radical (unpaired) electrons. The summed E-state index contributed by atoms with van der Waals surface area (Å²) in [5, 5.41) is 5.18. The topological polar surface area (TPSA) is 54.0 Å². The van der Waals surface area contributed by atoms with Gasteiger partial charge in [-0.15, -0.1) is 0 Å². The van der Waals surface area contributed by atoms with Crippen molar-refractivity contribution in [3.8, 4) is 0 Å². The van der Waals surface area contributed by atoms with Crippen molar-refractivity contribution >= 4 is 23.3 Å². The second-order valence-electron chi connectivity index (χ2n) is 4.33. The van der Waals surface area contributed by atoms with Crippen LogP contribution >= 0.6 is 11.6 Å². The number of nitrogens with zero attached hydrogens (tertiary/aromatic N) is 1. The zero-order valence-electron chi connectivity index (χ0n) is 11.0. The summed E-state index contributed by atoms with van der Waals surface area (Å²) in [5.41, 5.74) is 0.521. The molecule has 0 fully saturated rings. The van der Waals surface area contributed by atoms with E-state index in [2.05, 4.69) is 15.6 Å². The van der Waals surface area contributed by atoms with Gasteiger partial charge in [-0.05, 0) is 25.1 Å². The third-order valence-corrected chi connectivity index (χ3v) is 3.09. The highest BCUT2D eigenvalue weighted by atomic mass is 35.5. The lowest BCUT2D eigenvalue weighted by atomic mass is 10.1. The second kappa shape index (κ2) is 6.49. The van der Waals surface area contributed by atoms with E-state index in [4.69, 9.17) is 11.6 Å². The van der Waals surface area contributed by atoms with Crippen LogP contribution in [-0.4, -0.2) is 11.0 Å². The monoisotopic (exact) mass is 311 g/mol. The first-order valence-corrected chi connectivity index (χ1v) is 6.48. The number of hydrogen-bond donors (Lipinski definition) is 2. The maximum absolute atomic E-state index is 13.6. The zero-order valence-corrected chi connectivity index (χ0v) is 11.8. The van der Waals surface area contributed by atoms with Crippen molar-refractivity contribution < 1.29 is 13.6 Å². The van der Waals surface area contributed by atoms with Crippen LogP contribution in [0.1, 0.15) is 18.5 Å². The zero-order chi connectivity index (χ0) is 15.4. The molecule has 2 N–H and O–H groups in total. The van der Waals surface area contributed by atoms with E-state index in [1.807, 2.05) is 0 Å². The summed E-state index contributed by atoms with van der Waals surface area (Å²) in [6.07, 6.45) is 1.49. The van der Waals surface area contributed by atoms with E-state index < -0.39 is 23.7 Å².